The lowest BCUT2D eigenvalue weighted by molar-refractivity contribution is 0.336. The first kappa shape index (κ1) is 12.1. The summed E-state index contributed by atoms with van der Waals surface area (Å²) < 4.78 is 12.0. The summed E-state index contributed by atoms with van der Waals surface area (Å²) in [6.07, 6.45) is 0. The van der Waals surface area contributed by atoms with E-state index in [0.29, 0.717) is 20.4 Å². The van der Waals surface area contributed by atoms with Crippen LogP contribution in [0, 0.1) is 0 Å². The number of aromatic hydroxyl groups is 1. The first-order valence-corrected chi connectivity index (χ1v) is 5.89. The van der Waals surface area contributed by atoms with Crippen molar-refractivity contribution in [3.8, 4) is 17.2 Å². The van der Waals surface area contributed by atoms with E-state index in [9.17, 15) is 5.11 Å². The van der Waals surface area contributed by atoms with Gasteiger partial charge in [-0.15, -0.1) is 0 Å². The Balaban J connectivity index is 3.56. The Kier molecular flexibility index (Phi) is 4.09. The molecular weight excluding hydrogens is 384 g/mol. The Morgan fingerprint density at radius 2 is 1.21 bits per heavy atom. The molecule has 1 rings (SSSR count). The normalized spacial score (nSPS) is 10.1. The molecule has 0 aliphatic carbocycles. The third kappa shape index (κ3) is 1.87. The topological polar surface area (TPSA) is 38.7 Å². The van der Waals surface area contributed by atoms with E-state index in [2.05, 4.69) is 47.8 Å². The summed E-state index contributed by atoms with van der Waals surface area (Å²) in [6, 6.07) is 0. The van der Waals surface area contributed by atoms with Crippen molar-refractivity contribution in [1.29, 1.82) is 0 Å². The van der Waals surface area contributed by atoms with Crippen LogP contribution in [-0.4, -0.2) is 19.3 Å². The summed E-state index contributed by atoms with van der Waals surface area (Å²) in [4.78, 5) is 0. The minimum Gasteiger partial charge on any atom is -0.502 e. The number of hydrogen-bond donors (Lipinski definition) is 1. The molecule has 14 heavy (non-hydrogen) atoms. The molecule has 0 aromatic heterocycles. The average Bonchev–Trinajstić information content (AvgIpc) is 2.16. The predicted molar refractivity (Wildman–Crippen MR) is 64.3 cm³/mol. The maximum absolute atomic E-state index is 9.74. The van der Waals surface area contributed by atoms with E-state index < -0.39 is 0 Å². The van der Waals surface area contributed by atoms with Gasteiger partial charge in [-0.1, -0.05) is 0 Å². The minimum absolute atomic E-state index is 0.0445. The van der Waals surface area contributed by atoms with Gasteiger partial charge in [-0.05, 0) is 47.8 Å². The van der Waals surface area contributed by atoms with E-state index >= 15 is 0 Å². The van der Waals surface area contributed by atoms with Crippen LogP contribution in [-0.2, 0) is 0 Å². The number of rotatable bonds is 2. The molecule has 0 atom stereocenters. The number of phenols is 1. The molecular formula is C8H7Br3O3. The molecule has 0 saturated heterocycles. The highest BCUT2D eigenvalue weighted by Gasteiger charge is 2.21. The van der Waals surface area contributed by atoms with E-state index in [-0.39, 0.29) is 5.75 Å². The van der Waals surface area contributed by atoms with Gasteiger partial charge in [-0.25, -0.2) is 0 Å². The maximum atomic E-state index is 9.74. The second-order valence-electron chi connectivity index (χ2n) is 2.36. The summed E-state index contributed by atoms with van der Waals surface area (Å²) in [7, 11) is 2.94. The number of phenolic OH excluding ortho intramolecular Hbond substituents is 1. The van der Waals surface area contributed by atoms with Crippen LogP contribution >= 0.6 is 47.8 Å². The molecule has 0 amide bonds. The molecule has 0 bridgehead atoms. The molecule has 0 aliphatic heterocycles. The van der Waals surface area contributed by atoms with Gasteiger partial charge in [0.25, 0.3) is 0 Å². The molecule has 0 heterocycles. The van der Waals surface area contributed by atoms with Crippen molar-refractivity contribution in [2.24, 2.45) is 0 Å². The van der Waals surface area contributed by atoms with Crippen LogP contribution in [0.1, 0.15) is 0 Å². The molecule has 0 saturated carbocycles. The van der Waals surface area contributed by atoms with Crippen LogP contribution in [0.2, 0.25) is 0 Å². The molecule has 0 spiro atoms. The monoisotopic (exact) mass is 388 g/mol. The van der Waals surface area contributed by atoms with Crippen molar-refractivity contribution in [3.05, 3.63) is 13.4 Å². The fourth-order valence-corrected chi connectivity index (χ4v) is 2.70. The van der Waals surface area contributed by atoms with Crippen molar-refractivity contribution >= 4 is 47.8 Å². The highest BCUT2D eigenvalue weighted by atomic mass is 79.9. The number of ether oxygens (including phenoxy) is 2. The predicted octanol–water partition coefficient (Wildman–Crippen LogP) is 3.70. The number of hydrogen-bond acceptors (Lipinski definition) is 3. The SMILES string of the molecule is COc1c(O)c(OC)c(Br)c(Br)c1Br. The van der Waals surface area contributed by atoms with Crippen LogP contribution in [0.4, 0.5) is 0 Å². The van der Waals surface area contributed by atoms with Gasteiger partial charge in [-0.2, -0.15) is 0 Å². The standard InChI is InChI=1S/C8H7Br3O3/c1-13-7-4(10)3(9)5(11)8(14-2)6(7)12/h12H,1-2H3. The minimum atomic E-state index is -0.0445. The highest BCUT2D eigenvalue weighted by molar-refractivity contribution is 9.14. The van der Waals surface area contributed by atoms with Gasteiger partial charge >= 0.3 is 0 Å². The van der Waals surface area contributed by atoms with Gasteiger partial charge in [0.1, 0.15) is 0 Å². The van der Waals surface area contributed by atoms with Gasteiger partial charge < -0.3 is 14.6 Å². The van der Waals surface area contributed by atoms with Crippen LogP contribution in [0.5, 0.6) is 17.2 Å². The summed E-state index contributed by atoms with van der Waals surface area (Å²) in [5.74, 6) is 0.616. The zero-order valence-corrected chi connectivity index (χ0v) is 12.2. The molecule has 1 aromatic rings. The van der Waals surface area contributed by atoms with Crippen LogP contribution in [0.25, 0.3) is 0 Å². The smallest absolute Gasteiger partial charge is 0.203 e. The van der Waals surface area contributed by atoms with E-state index in [1.807, 2.05) is 0 Å². The first-order valence-electron chi connectivity index (χ1n) is 3.52. The molecule has 78 valence electrons. The molecule has 6 heteroatoms. The molecule has 0 radical (unpaired) electrons. The Morgan fingerprint density at radius 1 is 0.857 bits per heavy atom. The largest absolute Gasteiger partial charge is 0.502 e. The third-order valence-electron chi connectivity index (χ3n) is 1.62. The van der Waals surface area contributed by atoms with Gasteiger partial charge in [0, 0.05) is 0 Å². The Labute approximate surface area is 107 Å². The van der Waals surface area contributed by atoms with Crippen molar-refractivity contribution in [2.45, 2.75) is 0 Å². The summed E-state index contributed by atoms with van der Waals surface area (Å²) in [5.41, 5.74) is 0. The lowest BCUT2D eigenvalue weighted by Gasteiger charge is -2.13. The molecule has 0 aliphatic rings. The maximum Gasteiger partial charge on any atom is 0.203 e. The van der Waals surface area contributed by atoms with Gasteiger partial charge in [0.05, 0.1) is 27.6 Å². The fraction of sp³-hybridized carbons (Fsp3) is 0.250. The van der Waals surface area contributed by atoms with E-state index in [0.717, 1.165) is 4.47 Å². The quantitative estimate of drug-likeness (QED) is 0.783. The number of methoxy groups -OCH3 is 2. The zero-order chi connectivity index (χ0) is 10.9. The highest BCUT2D eigenvalue weighted by Crippen LogP contribution is 2.51. The van der Waals surface area contributed by atoms with Crippen molar-refractivity contribution in [2.75, 3.05) is 14.2 Å². The molecule has 1 N–H and O–H groups in total. The van der Waals surface area contributed by atoms with Crippen molar-refractivity contribution in [1.82, 2.24) is 0 Å². The lowest BCUT2D eigenvalue weighted by Crippen LogP contribution is -1.92. The van der Waals surface area contributed by atoms with Crippen molar-refractivity contribution < 1.29 is 14.6 Å². The molecule has 0 unspecified atom stereocenters. The van der Waals surface area contributed by atoms with Gasteiger partial charge in [0.2, 0.25) is 5.75 Å². The molecule has 1 aromatic carbocycles. The number of benzene rings is 1. The average molecular weight is 391 g/mol. The van der Waals surface area contributed by atoms with Gasteiger partial charge in [0.15, 0.2) is 11.5 Å². The second kappa shape index (κ2) is 4.72. The van der Waals surface area contributed by atoms with Crippen LogP contribution in [0.15, 0.2) is 13.4 Å². The van der Waals surface area contributed by atoms with Crippen LogP contribution in [0.3, 0.4) is 0 Å². The second-order valence-corrected chi connectivity index (χ2v) is 4.74. The van der Waals surface area contributed by atoms with Crippen LogP contribution < -0.4 is 9.47 Å². The summed E-state index contributed by atoms with van der Waals surface area (Å²) in [6.45, 7) is 0. The van der Waals surface area contributed by atoms with E-state index in [4.69, 9.17) is 9.47 Å². The Bertz CT molecular complexity index is 334. The van der Waals surface area contributed by atoms with E-state index in [1.165, 1.54) is 14.2 Å². The third-order valence-corrected chi connectivity index (χ3v) is 4.99. The number of halogens is 3. The molecule has 0 fully saturated rings. The fourth-order valence-electron chi connectivity index (χ4n) is 0.979. The Hall–Kier alpha value is 0.0600. The summed E-state index contributed by atoms with van der Waals surface area (Å²) >= 11 is 9.91. The van der Waals surface area contributed by atoms with Gasteiger partial charge in [-0.3, -0.25) is 0 Å². The van der Waals surface area contributed by atoms with Crippen molar-refractivity contribution in [3.63, 3.8) is 0 Å². The Morgan fingerprint density at radius 3 is 1.50 bits per heavy atom. The first-order chi connectivity index (χ1) is 6.54. The summed E-state index contributed by atoms with van der Waals surface area (Å²) in [5, 5.41) is 9.74. The lowest BCUT2D eigenvalue weighted by atomic mass is 10.3. The van der Waals surface area contributed by atoms with E-state index in [1.54, 1.807) is 0 Å². The molecule has 3 nitrogen and oxygen atoms in total. The zero-order valence-electron chi connectivity index (χ0n) is 7.40.